The van der Waals surface area contributed by atoms with E-state index in [1.165, 1.54) is 10.9 Å². The highest BCUT2D eigenvalue weighted by atomic mass is 16.1. The number of aromatic nitrogens is 1. The molecule has 0 unspecified atom stereocenters. The van der Waals surface area contributed by atoms with Crippen LogP contribution in [0.3, 0.4) is 0 Å². The van der Waals surface area contributed by atoms with Crippen molar-refractivity contribution >= 4 is 16.8 Å². The third-order valence-corrected chi connectivity index (χ3v) is 3.96. The number of aromatic amines is 1. The molecular formula is C17H25N3O. The lowest BCUT2D eigenvalue weighted by Gasteiger charge is -2.20. The molecule has 0 saturated carbocycles. The van der Waals surface area contributed by atoms with Gasteiger partial charge in [0.25, 0.3) is 0 Å². The van der Waals surface area contributed by atoms with Crippen molar-refractivity contribution in [2.45, 2.75) is 32.7 Å². The van der Waals surface area contributed by atoms with Gasteiger partial charge in [0, 0.05) is 42.7 Å². The lowest BCUT2D eigenvalue weighted by atomic mass is 10.1. The van der Waals surface area contributed by atoms with Crippen molar-refractivity contribution in [1.82, 2.24) is 15.2 Å². The number of hydrogen-bond donors (Lipinski definition) is 2. The third-order valence-electron chi connectivity index (χ3n) is 3.96. The van der Waals surface area contributed by atoms with Gasteiger partial charge in [-0.3, -0.25) is 4.79 Å². The molecule has 0 saturated heterocycles. The van der Waals surface area contributed by atoms with Gasteiger partial charge in [0.2, 0.25) is 5.91 Å². The van der Waals surface area contributed by atoms with Crippen molar-refractivity contribution in [2.75, 3.05) is 20.1 Å². The minimum Gasteiger partial charge on any atom is -0.361 e. The van der Waals surface area contributed by atoms with Crippen molar-refractivity contribution < 1.29 is 4.79 Å². The number of rotatable bonds is 7. The quantitative estimate of drug-likeness (QED) is 0.822. The molecule has 0 bridgehead atoms. The highest BCUT2D eigenvalue weighted by Gasteiger charge is 2.07. The van der Waals surface area contributed by atoms with E-state index in [1.807, 2.05) is 18.3 Å². The maximum absolute atomic E-state index is 11.9. The standard InChI is InChI=1S/C17H25N3O/c1-13(2)20(3)11-10-18-17(21)9-8-14-12-19-16-7-5-4-6-15(14)16/h4-7,12-13,19H,8-11H2,1-3H3,(H,18,21). The second kappa shape index (κ2) is 7.27. The van der Waals surface area contributed by atoms with Gasteiger partial charge >= 0.3 is 0 Å². The van der Waals surface area contributed by atoms with E-state index in [9.17, 15) is 4.79 Å². The number of benzene rings is 1. The Morgan fingerprint density at radius 2 is 2.10 bits per heavy atom. The van der Waals surface area contributed by atoms with E-state index in [1.54, 1.807) is 0 Å². The van der Waals surface area contributed by atoms with Gasteiger partial charge in [0.1, 0.15) is 0 Å². The number of carbonyl (C=O) groups is 1. The second-order valence-electron chi connectivity index (χ2n) is 5.78. The van der Waals surface area contributed by atoms with Gasteiger partial charge in [-0.2, -0.15) is 0 Å². The zero-order valence-corrected chi connectivity index (χ0v) is 13.1. The Bertz CT molecular complexity index is 588. The summed E-state index contributed by atoms with van der Waals surface area (Å²) in [5.74, 6) is 0.123. The first-order valence-corrected chi connectivity index (χ1v) is 7.60. The SMILES string of the molecule is CC(C)N(C)CCNC(=O)CCc1c[nH]c2ccccc12. The first-order valence-electron chi connectivity index (χ1n) is 7.60. The van der Waals surface area contributed by atoms with E-state index >= 15 is 0 Å². The molecule has 21 heavy (non-hydrogen) atoms. The summed E-state index contributed by atoms with van der Waals surface area (Å²) in [4.78, 5) is 17.4. The van der Waals surface area contributed by atoms with Gasteiger partial charge in [-0.15, -0.1) is 0 Å². The molecule has 4 heteroatoms. The zero-order valence-electron chi connectivity index (χ0n) is 13.1. The molecule has 2 aromatic rings. The Morgan fingerprint density at radius 1 is 1.33 bits per heavy atom. The number of nitrogens with one attached hydrogen (secondary N) is 2. The Balaban J connectivity index is 1.76. The Morgan fingerprint density at radius 3 is 2.86 bits per heavy atom. The molecule has 1 heterocycles. The van der Waals surface area contributed by atoms with Crippen LogP contribution in [0.4, 0.5) is 0 Å². The van der Waals surface area contributed by atoms with E-state index in [0.29, 0.717) is 19.0 Å². The number of fused-ring (bicyclic) bond motifs is 1. The molecule has 0 atom stereocenters. The molecule has 4 nitrogen and oxygen atoms in total. The van der Waals surface area contributed by atoms with Crippen LogP contribution in [0.15, 0.2) is 30.5 Å². The van der Waals surface area contributed by atoms with E-state index in [0.717, 1.165) is 18.5 Å². The van der Waals surface area contributed by atoms with Crippen molar-refractivity contribution in [3.05, 3.63) is 36.0 Å². The molecule has 0 fully saturated rings. The third kappa shape index (κ3) is 4.33. The maximum Gasteiger partial charge on any atom is 0.220 e. The van der Waals surface area contributed by atoms with Crippen LogP contribution in [-0.2, 0) is 11.2 Å². The van der Waals surface area contributed by atoms with Crippen molar-refractivity contribution in [2.24, 2.45) is 0 Å². The average Bonchev–Trinajstić information content (AvgIpc) is 2.88. The molecule has 0 aliphatic rings. The molecule has 114 valence electrons. The van der Waals surface area contributed by atoms with Crippen LogP contribution >= 0.6 is 0 Å². The first kappa shape index (κ1) is 15.6. The molecule has 0 spiro atoms. The molecule has 1 amide bonds. The number of para-hydroxylation sites is 1. The molecule has 0 radical (unpaired) electrons. The number of H-pyrrole nitrogens is 1. The minimum absolute atomic E-state index is 0.123. The molecule has 2 rings (SSSR count). The van der Waals surface area contributed by atoms with Crippen LogP contribution in [0, 0.1) is 0 Å². The number of aryl methyl sites for hydroxylation is 1. The Kier molecular flexibility index (Phi) is 5.39. The number of likely N-dealkylation sites (N-methyl/N-ethyl adjacent to an activating group) is 1. The molecule has 1 aromatic heterocycles. The van der Waals surface area contributed by atoms with Gasteiger partial charge in [0.05, 0.1) is 0 Å². The monoisotopic (exact) mass is 287 g/mol. The van der Waals surface area contributed by atoms with E-state index in [4.69, 9.17) is 0 Å². The number of carbonyl (C=O) groups excluding carboxylic acids is 1. The predicted molar refractivity (Wildman–Crippen MR) is 87.4 cm³/mol. The summed E-state index contributed by atoms with van der Waals surface area (Å²) in [5.41, 5.74) is 2.34. The Hall–Kier alpha value is -1.81. The van der Waals surface area contributed by atoms with E-state index in [2.05, 4.69) is 48.2 Å². The van der Waals surface area contributed by atoms with Crippen LogP contribution < -0.4 is 5.32 Å². The summed E-state index contributed by atoms with van der Waals surface area (Å²) < 4.78 is 0. The van der Waals surface area contributed by atoms with Crippen LogP contribution in [0.1, 0.15) is 25.8 Å². The summed E-state index contributed by atoms with van der Waals surface area (Å²) in [5, 5.41) is 4.20. The molecule has 2 N–H and O–H groups in total. The first-order chi connectivity index (χ1) is 10.1. The fourth-order valence-corrected chi connectivity index (χ4v) is 2.30. The summed E-state index contributed by atoms with van der Waals surface area (Å²) >= 11 is 0. The summed E-state index contributed by atoms with van der Waals surface area (Å²) in [6, 6.07) is 8.70. The number of nitrogens with zero attached hydrogens (tertiary/aromatic N) is 1. The fourth-order valence-electron chi connectivity index (χ4n) is 2.30. The van der Waals surface area contributed by atoms with Crippen LogP contribution in [-0.4, -0.2) is 42.0 Å². The zero-order chi connectivity index (χ0) is 15.2. The highest BCUT2D eigenvalue weighted by Crippen LogP contribution is 2.18. The fraction of sp³-hybridized carbons (Fsp3) is 0.471. The van der Waals surface area contributed by atoms with Crippen LogP contribution in [0.5, 0.6) is 0 Å². The van der Waals surface area contributed by atoms with Crippen molar-refractivity contribution in [3.63, 3.8) is 0 Å². The van der Waals surface area contributed by atoms with Crippen LogP contribution in [0.25, 0.3) is 10.9 Å². The minimum atomic E-state index is 0.123. The molecule has 0 aliphatic carbocycles. The normalized spacial score (nSPS) is 11.5. The number of amides is 1. The summed E-state index contributed by atoms with van der Waals surface area (Å²) in [7, 11) is 2.07. The largest absolute Gasteiger partial charge is 0.361 e. The lowest BCUT2D eigenvalue weighted by Crippen LogP contribution is -2.36. The topological polar surface area (TPSA) is 48.1 Å². The van der Waals surface area contributed by atoms with Crippen molar-refractivity contribution in [1.29, 1.82) is 0 Å². The van der Waals surface area contributed by atoms with Gasteiger partial charge in [-0.1, -0.05) is 18.2 Å². The molecule has 0 aliphatic heterocycles. The molecular weight excluding hydrogens is 262 g/mol. The predicted octanol–water partition coefficient (Wildman–Crippen LogP) is 2.56. The lowest BCUT2D eigenvalue weighted by molar-refractivity contribution is -0.121. The second-order valence-corrected chi connectivity index (χ2v) is 5.78. The summed E-state index contributed by atoms with van der Waals surface area (Å²) in [6.45, 7) is 5.90. The molecule has 1 aromatic carbocycles. The van der Waals surface area contributed by atoms with E-state index in [-0.39, 0.29) is 5.91 Å². The van der Waals surface area contributed by atoms with Crippen LogP contribution in [0.2, 0.25) is 0 Å². The summed E-state index contributed by atoms with van der Waals surface area (Å²) in [6.07, 6.45) is 3.31. The van der Waals surface area contributed by atoms with Gasteiger partial charge in [0.15, 0.2) is 0 Å². The average molecular weight is 287 g/mol. The smallest absolute Gasteiger partial charge is 0.220 e. The maximum atomic E-state index is 11.9. The van der Waals surface area contributed by atoms with Gasteiger partial charge < -0.3 is 15.2 Å². The number of hydrogen-bond acceptors (Lipinski definition) is 2. The van der Waals surface area contributed by atoms with Crippen molar-refractivity contribution in [3.8, 4) is 0 Å². The van der Waals surface area contributed by atoms with Gasteiger partial charge in [-0.25, -0.2) is 0 Å². The Labute approximate surface area is 126 Å². The van der Waals surface area contributed by atoms with Gasteiger partial charge in [-0.05, 0) is 38.9 Å². The van der Waals surface area contributed by atoms with E-state index < -0.39 is 0 Å². The highest BCUT2D eigenvalue weighted by molar-refractivity contribution is 5.84.